The molecule has 0 amide bonds. The molecule has 3 aliphatic carbocycles. The number of allylic oxidation sites excluding steroid dienone is 4. The first-order chi connectivity index (χ1) is 5.77. The molecule has 0 heterocycles. The van der Waals surface area contributed by atoms with Crippen molar-refractivity contribution in [2.75, 3.05) is 0 Å². The topological polar surface area (TPSA) is 37.3 Å². The molecule has 3 aliphatic rings. The van der Waals surface area contributed by atoms with Crippen molar-refractivity contribution < 1.29 is 9.90 Å². The van der Waals surface area contributed by atoms with Gasteiger partial charge in [-0.15, -0.1) is 0 Å². The van der Waals surface area contributed by atoms with E-state index in [1.807, 2.05) is 0 Å². The Bertz CT molecular complexity index is 314. The van der Waals surface area contributed by atoms with Crippen molar-refractivity contribution in [1.29, 1.82) is 0 Å². The molecule has 2 nitrogen and oxygen atoms in total. The monoisotopic (exact) mass is 162 g/mol. The average Bonchev–Trinajstić information content (AvgIpc) is 2.64. The van der Waals surface area contributed by atoms with Crippen LogP contribution in [0.3, 0.4) is 0 Å². The largest absolute Gasteiger partial charge is 0.512 e. The Kier molecular flexibility index (Phi) is 0.978. The Balaban J connectivity index is 2.09. The van der Waals surface area contributed by atoms with Gasteiger partial charge in [0.25, 0.3) is 0 Å². The zero-order valence-electron chi connectivity index (χ0n) is 6.60. The summed E-state index contributed by atoms with van der Waals surface area (Å²) < 4.78 is 0. The van der Waals surface area contributed by atoms with Gasteiger partial charge in [0, 0.05) is 17.9 Å². The van der Waals surface area contributed by atoms with E-state index in [1.54, 1.807) is 0 Å². The maximum Gasteiger partial charge on any atom is 0.163 e. The van der Waals surface area contributed by atoms with Crippen molar-refractivity contribution in [3.8, 4) is 0 Å². The maximum atomic E-state index is 11.4. The minimum absolute atomic E-state index is 0.0833. The number of ketones is 1. The van der Waals surface area contributed by atoms with E-state index < -0.39 is 0 Å². The first kappa shape index (κ1) is 6.46. The highest BCUT2D eigenvalue weighted by Gasteiger charge is 2.52. The van der Waals surface area contributed by atoms with E-state index in [0.29, 0.717) is 17.6 Å². The summed E-state index contributed by atoms with van der Waals surface area (Å²) in [6, 6.07) is 0. The van der Waals surface area contributed by atoms with Gasteiger partial charge in [-0.25, -0.2) is 0 Å². The predicted molar refractivity (Wildman–Crippen MR) is 43.4 cm³/mol. The van der Waals surface area contributed by atoms with Crippen LogP contribution in [0, 0.1) is 23.7 Å². The van der Waals surface area contributed by atoms with E-state index in [0.717, 1.165) is 6.42 Å². The molecule has 0 radical (unpaired) electrons. The van der Waals surface area contributed by atoms with Crippen molar-refractivity contribution in [3.05, 3.63) is 24.0 Å². The number of carbonyl (C=O) groups excluding carboxylic acids is 1. The van der Waals surface area contributed by atoms with Crippen LogP contribution >= 0.6 is 0 Å². The van der Waals surface area contributed by atoms with Gasteiger partial charge in [0.1, 0.15) is 5.76 Å². The smallest absolute Gasteiger partial charge is 0.163 e. The van der Waals surface area contributed by atoms with Gasteiger partial charge < -0.3 is 5.11 Å². The first-order valence-corrected chi connectivity index (χ1v) is 4.40. The van der Waals surface area contributed by atoms with Gasteiger partial charge >= 0.3 is 0 Å². The molecule has 0 aromatic carbocycles. The Morgan fingerprint density at radius 3 is 2.58 bits per heavy atom. The van der Waals surface area contributed by atoms with Crippen molar-refractivity contribution in [2.45, 2.75) is 6.42 Å². The number of aliphatic hydroxyl groups excluding tert-OH is 1. The first-order valence-electron chi connectivity index (χ1n) is 4.40. The lowest BCUT2D eigenvalue weighted by Gasteiger charge is -2.19. The van der Waals surface area contributed by atoms with Crippen molar-refractivity contribution >= 4 is 5.78 Å². The SMILES string of the molecule is O=C1C=C(O)[C@H]2[C@H]1[C@H]1C=C[C@@H]2C1. The second kappa shape index (κ2) is 1.82. The zero-order chi connectivity index (χ0) is 8.29. The van der Waals surface area contributed by atoms with Crippen LogP contribution in [0.15, 0.2) is 24.0 Å². The van der Waals surface area contributed by atoms with Crippen LogP contribution in [0.1, 0.15) is 6.42 Å². The van der Waals surface area contributed by atoms with Crippen LogP contribution in [0.4, 0.5) is 0 Å². The number of rotatable bonds is 0. The standard InChI is InChI=1S/C10H10O2/c11-7-4-8(12)10-6-2-1-5(3-6)9(7)10/h1-2,4-6,9-11H,3H2/t5-,6+,9+,10+/m1/s1. The summed E-state index contributed by atoms with van der Waals surface area (Å²) in [6.07, 6.45) is 6.77. The molecular weight excluding hydrogens is 152 g/mol. The van der Waals surface area contributed by atoms with E-state index in [-0.39, 0.29) is 17.6 Å². The third-order valence-corrected chi connectivity index (χ3v) is 3.42. The van der Waals surface area contributed by atoms with Crippen molar-refractivity contribution in [1.82, 2.24) is 0 Å². The third-order valence-electron chi connectivity index (χ3n) is 3.42. The van der Waals surface area contributed by atoms with Gasteiger partial charge in [-0.05, 0) is 18.3 Å². The average molecular weight is 162 g/mol. The molecule has 0 aliphatic heterocycles. The van der Waals surface area contributed by atoms with Crippen LogP contribution in [0.2, 0.25) is 0 Å². The number of hydrogen-bond donors (Lipinski definition) is 1. The van der Waals surface area contributed by atoms with Crippen molar-refractivity contribution in [2.24, 2.45) is 23.7 Å². The molecule has 3 rings (SSSR count). The summed E-state index contributed by atoms with van der Waals surface area (Å²) >= 11 is 0. The van der Waals surface area contributed by atoms with E-state index in [1.165, 1.54) is 6.08 Å². The summed E-state index contributed by atoms with van der Waals surface area (Å²) in [4.78, 5) is 11.4. The highest BCUT2D eigenvalue weighted by atomic mass is 16.3. The molecule has 0 aromatic heterocycles. The maximum absolute atomic E-state index is 11.4. The van der Waals surface area contributed by atoms with Crippen LogP contribution < -0.4 is 0 Å². The van der Waals surface area contributed by atoms with E-state index in [2.05, 4.69) is 12.2 Å². The minimum atomic E-state index is 0.0833. The number of aliphatic hydroxyl groups is 1. The minimum Gasteiger partial charge on any atom is -0.512 e. The molecule has 0 unspecified atom stereocenters. The van der Waals surface area contributed by atoms with Crippen molar-refractivity contribution in [3.63, 3.8) is 0 Å². The summed E-state index contributed by atoms with van der Waals surface area (Å²) in [5.74, 6) is 1.51. The summed E-state index contributed by atoms with van der Waals surface area (Å²) in [6.45, 7) is 0. The number of fused-ring (bicyclic) bond motifs is 5. The lowest BCUT2D eigenvalue weighted by molar-refractivity contribution is -0.118. The third kappa shape index (κ3) is 0.554. The van der Waals surface area contributed by atoms with Crippen LogP contribution in [0.5, 0.6) is 0 Å². The number of hydrogen-bond acceptors (Lipinski definition) is 2. The fraction of sp³-hybridized carbons (Fsp3) is 0.500. The molecule has 2 heteroatoms. The summed E-state index contributed by atoms with van der Waals surface area (Å²) in [7, 11) is 0. The molecular formula is C10H10O2. The summed E-state index contributed by atoms with van der Waals surface area (Å²) in [5, 5.41) is 9.50. The Labute approximate surface area is 70.6 Å². The second-order valence-corrected chi connectivity index (χ2v) is 3.97. The fourth-order valence-corrected chi connectivity index (χ4v) is 2.95. The van der Waals surface area contributed by atoms with Gasteiger partial charge in [-0.3, -0.25) is 4.79 Å². The molecule has 1 saturated carbocycles. The molecule has 2 bridgehead atoms. The number of carbonyl (C=O) groups is 1. The molecule has 12 heavy (non-hydrogen) atoms. The second-order valence-electron chi connectivity index (χ2n) is 3.97. The lowest BCUT2D eigenvalue weighted by atomic mass is 9.84. The zero-order valence-corrected chi connectivity index (χ0v) is 6.60. The van der Waals surface area contributed by atoms with Crippen LogP contribution in [-0.2, 0) is 4.79 Å². The van der Waals surface area contributed by atoms with Gasteiger partial charge in [0.05, 0.1) is 0 Å². The molecule has 1 fully saturated rings. The van der Waals surface area contributed by atoms with Gasteiger partial charge in [0.15, 0.2) is 5.78 Å². The molecule has 62 valence electrons. The Hall–Kier alpha value is -1.05. The fourth-order valence-electron chi connectivity index (χ4n) is 2.95. The highest BCUT2D eigenvalue weighted by molar-refractivity contribution is 5.96. The molecule has 0 saturated heterocycles. The quantitative estimate of drug-likeness (QED) is 0.547. The summed E-state index contributed by atoms with van der Waals surface area (Å²) in [5.41, 5.74) is 0. The lowest BCUT2D eigenvalue weighted by Crippen LogP contribution is -2.21. The van der Waals surface area contributed by atoms with Gasteiger partial charge in [-0.1, -0.05) is 12.2 Å². The molecule has 0 aromatic rings. The van der Waals surface area contributed by atoms with E-state index in [9.17, 15) is 9.90 Å². The van der Waals surface area contributed by atoms with Crippen LogP contribution in [-0.4, -0.2) is 10.9 Å². The van der Waals surface area contributed by atoms with E-state index >= 15 is 0 Å². The molecule has 4 atom stereocenters. The Morgan fingerprint density at radius 1 is 1.25 bits per heavy atom. The van der Waals surface area contributed by atoms with Crippen LogP contribution in [0.25, 0.3) is 0 Å². The highest BCUT2D eigenvalue weighted by Crippen LogP contribution is 2.53. The molecule has 0 spiro atoms. The van der Waals surface area contributed by atoms with Gasteiger partial charge in [-0.2, -0.15) is 0 Å². The normalized spacial score (nSPS) is 48.3. The van der Waals surface area contributed by atoms with Gasteiger partial charge in [0.2, 0.25) is 0 Å². The predicted octanol–water partition coefficient (Wildman–Crippen LogP) is 1.45. The molecule has 1 N–H and O–H groups in total. The van der Waals surface area contributed by atoms with E-state index in [4.69, 9.17) is 0 Å². The Morgan fingerprint density at radius 2 is 1.92 bits per heavy atom.